The predicted octanol–water partition coefficient (Wildman–Crippen LogP) is 2.39. The van der Waals surface area contributed by atoms with Crippen LogP contribution in [0.2, 0.25) is 0 Å². The fourth-order valence-electron chi connectivity index (χ4n) is 1.57. The largest absolute Gasteiger partial charge is 0.363 e. The van der Waals surface area contributed by atoms with Crippen LogP contribution in [0.1, 0.15) is 25.8 Å². The van der Waals surface area contributed by atoms with Crippen molar-refractivity contribution < 1.29 is 4.92 Å². The average molecular weight is 235 g/mol. The maximum atomic E-state index is 10.4. The number of nitro groups is 1. The van der Waals surface area contributed by atoms with Gasteiger partial charge in [0.25, 0.3) is 0 Å². The van der Waals surface area contributed by atoms with Gasteiger partial charge in [-0.2, -0.15) is 0 Å². The van der Waals surface area contributed by atoms with E-state index in [4.69, 9.17) is 0 Å². The highest BCUT2D eigenvalue weighted by Crippen LogP contribution is 2.20. The molecule has 1 aliphatic rings. The topological polar surface area (TPSA) is 68.1 Å². The molecule has 0 saturated carbocycles. The highest BCUT2D eigenvalue weighted by atomic mass is 16.6. The molecule has 0 saturated heterocycles. The second-order valence-electron chi connectivity index (χ2n) is 3.35. The number of nitrogens with one attached hydrogen (secondary N) is 1. The van der Waals surface area contributed by atoms with Gasteiger partial charge in [0.15, 0.2) is 0 Å². The van der Waals surface area contributed by atoms with Crippen LogP contribution in [-0.2, 0) is 0 Å². The fourth-order valence-corrected chi connectivity index (χ4v) is 1.57. The average Bonchev–Trinajstić information content (AvgIpc) is 2.42. The molecule has 1 aromatic rings. The zero-order valence-corrected chi connectivity index (χ0v) is 10.1. The molecule has 5 heteroatoms. The van der Waals surface area contributed by atoms with E-state index < -0.39 is 4.92 Å². The van der Waals surface area contributed by atoms with Gasteiger partial charge in [0.05, 0.1) is 0 Å². The summed E-state index contributed by atoms with van der Waals surface area (Å²) in [6.07, 6.45) is 4.60. The summed E-state index contributed by atoms with van der Waals surface area (Å²) in [7, 11) is 0. The summed E-state index contributed by atoms with van der Waals surface area (Å²) in [6, 6.07) is 3.19. The van der Waals surface area contributed by atoms with E-state index in [9.17, 15) is 10.1 Å². The molecule has 92 valence electrons. The van der Waals surface area contributed by atoms with Crippen LogP contribution in [0, 0.1) is 10.1 Å². The summed E-state index contributed by atoms with van der Waals surface area (Å²) in [6.45, 7) is 5.80. The number of rotatable bonds is 2. The van der Waals surface area contributed by atoms with E-state index >= 15 is 0 Å². The van der Waals surface area contributed by atoms with Gasteiger partial charge in [-0.15, -0.1) is 0 Å². The molecule has 0 bridgehead atoms. The highest BCUT2D eigenvalue weighted by molar-refractivity contribution is 5.66. The molecular formula is C12H17N3O2. The van der Waals surface area contributed by atoms with Crippen molar-refractivity contribution >= 4 is 11.4 Å². The van der Waals surface area contributed by atoms with Crippen molar-refractivity contribution in [2.24, 2.45) is 0 Å². The second kappa shape index (κ2) is 6.75. The zero-order valence-electron chi connectivity index (χ0n) is 10.1. The van der Waals surface area contributed by atoms with Crippen LogP contribution in [0.5, 0.6) is 0 Å². The van der Waals surface area contributed by atoms with Crippen LogP contribution < -0.4 is 5.32 Å². The van der Waals surface area contributed by atoms with Crippen molar-refractivity contribution in [1.29, 1.82) is 0 Å². The third-order valence-corrected chi connectivity index (χ3v) is 2.37. The van der Waals surface area contributed by atoms with Gasteiger partial charge in [-0.3, -0.25) is 0 Å². The molecule has 0 spiro atoms. The van der Waals surface area contributed by atoms with Gasteiger partial charge in [0, 0.05) is 18.2 Å². The Balaban J connectivity index is 0.000000686. The van der Waals surface area contributed by atoms with Gasteiger partial charge < -0.3 is 15.4 Å². The van der Waals surface area contributed by atoms with E-state index in [0.29, 0.717) is 0 Å². The number of pyridine rings is 1. The van der Waals surface area contributed by atoms with Gasteiger partial charge in [0.1, 0.15) is 6.20 Å². The first-order valence-electron chi connectivity index (χ1n) is 5.78. The molecule has 0 atom stereocenters. The van der Waals surface area contributed by atoms with Crippen molar-refractivity contribution in [3.8, 4) is 0 Å². The van der Waals surface area contributed by atoms with Crippen LogP contribution in [0.4, 0.5) is 5.82 Å². The SMILES string of the molecule is CC.O=[N+]([O-])c1ccc(C2=CCNCC2)cn1. The molecule has 0 aliphatic carbocycles. The van der Waals surface area contributed by atoms with Crippen LogP contribution in [0.3, 0.4) is 0 Å². The minimum absolute atomic E-state index is 0.103. The van der Waals surface area contributed by atoms with Crippen LogP contribution >= 0.6 is 0 Å². The Hall–Kier alpha value is -1.75. The van der Waals surface area contributed by atoms with Crippen molar-refractivity contribution in [1.82, 2.24) is 10.3 Å². The molecule has 0 radical (unpaired) electrons. The minimum Gasteiger partial charge on any atom is -0.358 e. The Morgan fingerprint density at radius 1 is 1.41 bits per heavy atom. The lowest BCUT2D eigenvalue weighted by atomic mass is 10.0. The quantitative estimate of drug-likeness (QED) is 0.631. The molecule has 1 N–H and O–H groups in total. The third-order valence-electron chi connectivity index (χ3n) is 2.37. The monoisotopic (exact) mass is 235 g/mol. The normalized spacial score (nSPS) is 14.4. The molecule has 0 unspecified atom stereocenters. The lowest BCUT2D eigenvalue weighted by molar-refractivity contribution is -0.389. The maximum absolute atomic E-state index is 10.4. The van der Waals surface area contributed by atoms with Gasteiger partial charge in [0.2, 0.25) is 0 Å². The molecule has 5 nitrogen and oxygen atoms in total. The van der Waals surface area contributed by atoms with Crippen LogP contribution in [0.25, 0.3) is 5.57 Å². The standard InChI is InChI=1S/C10H11N3O2.C2H6/c14-13(15)10-2-1-9(7-12-10)8-3-5-11-6-4-8;1-2/h1-3,7,11H,4-6H2;1-2H3. The van der Waals surface area contributed by atoms with Crippen molar-refractivity contribution in [2.45, 2.75) is 20.3 Å². The predicted molar refractivity (Wildman–Crippen MR) is 67.7 cm³/mol. The number of aromatic nitrogens is 1. The molecule has 2 heterocycles. The van der Waals surface area contributed by atoms with E-state index in [1.165, 1.54) is 11.6 Å². The first kappa shape index (κ1) is 13.3. The van der Waals surface area contributed by atoms with E-state index in [-0.39, 0.29) is 5.82 Å². The first-order chi connectivity index (χ1) is 8.27. The van der Waals surface area contributed by atoms with E-state index in [0.717, 1.165) is 25.1 Å². The molecule has 17 heavy (non-hydrogen) atoms. The van der Waals surface area contributed by atoms with Crippen molar-refractivity contribution in [3.05, 3.63) is 40.1 Å². The molecule has 1 aliphatic heterocycles. The van der Waals surface area contributed by atoms with Crippen molar-refractivity contribution in [3.63, 3.8) is 0 Å². The molecule has 2 rings (SSSR count). The zero-order chi connectivity index (χ0) is 12.7. The first-order valence-corrected chi connectivity index (χ1v) is 5.78. The van der Waals surface area contributed by atoms with Crippen LogP contribution in [0.15, 0.2) is 24.4 Å². The van der Waals surface area contributed by atoms with E-state index in [1.54, 1.807) is 12.3 Å². The summed E-state index contributed by atoms with van der Waals surface area (Å²) in [4.78, 5) is 13.7. The lowest BCUT2D eigenvalue weighted by Gasteiger charge is -2.12. The van der Waals surface area contributed by atoms with Gasteiger partial charge in [-0.25, -0.2) is 0 Å². The molecular weight excluding hydrogens is 218 g/mol. The Morgan fingerprint density at radius 3 is 2.65 bits per heavy atom. The summed E-state index contributed by atoms with van der Waals surface area (Å²) >= 11 is 0. The molecule has 0 aromatic carbocycles. The van der Waals surface area contributed by atoms with Gasteiger partial charge in [-0.1, -0.05) is 19.9 Å². The number of nitrogens with zero attached hydrogens (tertiary/aromatic N) is 2. The minimum atomic E-state index is -0.486. The van der Waals surface area contributed by atoms with E-state index in [1.807, 2.05) is 13.8 Å². The Kier molecular flexibility index (Phi) is 5.29. The lowest BCUT2D eigenvalue weighted by Crippen LogP contribution is -2.20. The third kappa shape index (κ3) is 3.64. The molecule has 0 fully saturated rings. The Morgan fingerprint density at radius 2 is 2.18 bits per heavy atom. The number of hydrogen-bond acceptors (Lipinski definition) is 4. The van der Waals surface area contributed by atoms with Gasteiger partial charge >= 0.3 is 5.82 Å². The molecule has 0 amide bonds. The summed E-state index contributed by atoms with van der Waals surface area (Å²) in [5.41, 5.74) is 2.18. The van der Waals surface area contributed by atoms with Crippen LogP contribution in [-0.4, -0.2) is 23.0 Å². The van der Waals surface area contributed by atoms with Crippen molar-refractivity contribution in [2.75, 3.05) is 13.1 Å². The fraction of sp³-hybridized carbons (Fsp3) is 0.417. The summed E-state index contributed by atoms with van der Waals surface area (Å²) in [5, 5.41) is 13.6. The second-order valence-corrected chi connectivity index (χ2v) is 3.35. The smallest absolute Gasteiger partial charge is 0.358 e. The van der Waals surface area contributed by atoms with Gasteiger partial charge in [-0.05, 0) is 34.5 Å². The maximum Gasteiger partial charge on any atom is 0.363 e. The Bertz CT molecular complexity index is 399. The number of hydrogen-bond donors (Lipinski definition) is 1. The molecule has 1 aromatic heterocycles. The summed E-state index contributed by atoms with van der Waals surface area (Å²) < 4.78 is 0. The highest BCUT2D eigenvalue weighted by Gasteiger charge is 2.10. The van der Waals surface area contributed by atoms with E-state index in [2.05, 4.69) is 16.4 Å². The Labute approximate surface area is 101 Å². The summed E-state index contributed by atoms with van der Waals surface area (Å²) in [5.74, 6) is -0.103.